The lowest BCUT2D eigenvalue weighted by atomic mass is 10.1. The number of nitrogens with zero attached hydrogens (tertiary/aromatic N) is 3. The van der Waals surface area contributed by atoms with Crippen LogP contribution in [0.15, 0.2) is 78.4 Å². The van der Waals surface area contributed by atoms with Crippen molar-refractivity contribution in [1.29, 1.82) is 0 Å². The first-order valence-corrected chi connectivity index (χ1v) is 16.5. The number of carbonyl (C=O) groups is 1. The highest BCUT2D eigenvalue weighted by atomic mass is 32.2. The van der Waals surface area contributed by atoms with E-state index in [0.717, 1.165) is 58.5 Å². The number of fused-ring (bicyclic) bond motifs is 1. The topological polar surface area (TPSA) is 175 Å². The number of esters is 1. The molecular weight excluding hydrogens is 634 g/mol. The molecule has 0 saturated carbocycles. The largest absolute Gasteiger partial charge is 0.493 e. The molecule has 0 bridgehead atoms. The fourth-order valence-corrected chi connectivity index (χ4v) is 6.05. The second-order valence-electron chi connectivity index (χ2n) is 10.4. The summed E-state index contributed by atoms with van der Waals surface area (Å²) in [5.41, 5.74) is -0.910. The predicted octanol–water partition coefficient (Wildman–Crippen LogP) is 2.76. The van der Waals surface area contributed by atoms with Gasteiger partial charge in [-0.15, -0.1) is 0 Å². The standard InChI is InChI=1S/C32H33N3O11S/c36-31(44-19-9-8-18-43-29-30(35(38)46-33-29)47(39,40)26-10-4-3-5-11-26)27-22-24-12-13-25(23-28(24)45-32(27)37)42-17-7-2-1-6-14-34-15-20-41-21-16-34/h3-5,10-13,22-23H,1-2,6-7,14-21H2. The molecular formula is C32H33N3O11S. The molecule has 1 saturated heterocycles. The fraction of sp³-hybridized carbons (Fsp3) is 0.375. The average molecular weight is 668 g/mol. The van der Waals surface area contributed by atoms with E-state index in [1.165, 1.54) is 30.3 Å². The van der Waals surface area contributed by atoms with Gasteiger partial charge in [0.2, 0.25) is 0 Å². The SMILES string of the molecule is O=C(OCC#CCOc1no[n+]([O-])c1S(=O)(=O)c1ccccc1)c1cc2ccc(OCCCCCCN3CCOCC3)cc2oc1=O. The van der Waals surface area contributed by atoms with Gasteiger partial charge in [0.25, 0.3) is 9.84 Å². The summed E-state index contributed by atoms with van der Waals surface area (Å²) in [7, 11) is -4.28. The zero-order valence-corrected chi connectivity index (χ0v) is 26.2. The van der Waals surface area contributed by atoms with E-state index in [-0.39, 0.29) is 20.9 Å². The van der Waals surface area contributed by atoms with Crippen molar-refractivity contribution in [3.63, 3.8) is 0 Å². The third-order valence-electron chi connectivity index (χ3n) is 7.20. The normalized spacial score (nSPS) is 13.5. The summed E-state index contributed by atoms with van der Waals surface area (Å²) in [4.78, 5) is 27.0. The first-order valence-electron chi connectivity index (χ1n) is 15.0. The molecule has 2 aromatic heterocycles. The van der Waals surface area contributed by atoms with Crippen molar-refractivity contribution in [2.75, 3.05) is 52.7 Å². The van der Waals surface area contributed by atoms with Gasteiger partial charge in [-0.25, -0.2) is 18.0 Å². The smallest absolute Gasteiger partial charge is 0.415 e. The second-order valence-corrected chi connectivity index (χ2v) is 12.3. The van der Waals surface area contributed by atoms with Crippen LogP contribution in [0.3, 0.4) is 0 Å². The van der Waals surface area contributed by atoms with E-state index in [0.29, 0.717) is 17.7 Å². The van der Waals surface area contributed by atoms with Gasteiger partial charge in [-0.3, -0.25) is 9.53 Å². The molecule has 0 amide bonds. The number of hydrogen-bond acceptors (Lipinski definition) is 13. The maximum atomic E-state index is 12.8. The summed E-state index contributed by atoms with van der Waals surface area (Å²) >= 11 is 0. The molecule has 15 heteroatoms. The Labute approximate surface area is 270 Å². The Morgan fingerprint density at radius 2 is 1.74 bits per heavy atom. The minimum atomic E-state index is -4.28. The maximum Gasteiger partial charge on any atom is 0.415 e. The zero-order chi connectivity index (χ0) is 33.1. The van der Waals surface area contributed by atoms with Gasteiger partial charge < -0.3 is 28.6 Å². The van der Waals surface area contributed by atoms with Gasteiger partial charge in [0.05, 0.1) is 29.9 Å². The van der Waals surface area contributed by atoms with Crippen LogP contribution in [0, 0.1) is 17.0 Å². The van der Waals surface area contributed by atoms with Gasteiger partial charge in [0.15, 0.2) is 13.2 Å². The van der Waals surface area contributed by atoms with Crippen molar-refractivity contribution in [2.24, 2.45) is 0 Å². The molecule has 248 valence electrons. The van der Waals surface area contributed by atoms with E-state index in [9.17, 15) is 23.2 Å². The first kappa shape index (κ1) is 33.5. The van der Waals surface area contributed by atoms with Crippen LogP contribution >= 0.6 is 0 Å². The number of hydrogen-bond donors (Lipinski definition) is 0. The Morgan fingerprint density at radius 1 is 0.979 bits per heavy atom. The highest BCUT2D eigenvalue weighted by Gasteiger charge is 2.35. The van der Waals surface area contributed by atoms with E-state index in [2.05, 4.69) is 26.5 Å². The van der Waals surface area contributed by atoms with Crippen molar-refractivity contribution < 1.29 is 46.1 Å². The van der Waals surface area contributed by atoms with E-state index in [1.807, 2.05) is 0 Å². The van der Waals surface area contributed by atoms with Gasteiger partial charge in [-0.05, 0) is 54.6 Å². The predicted molar refractivity (Wildman–Crippen MR) is 165 cm³/mol. The van der Waals surface area contributed by atoms with Crippen LogP contribution in [0.2, 0.25) is 0 Å². The van der Waals surface area contributed by atoms with E-state index >= 15 is 0 Å². The van der Waals surface area contributed by atoms with Crippen molar-refractivity contribution >= 4 is 26.8 Å². The molecule has 0 N–H and O–H groups in total. The zero-order valence-electron chi connectivity index (χ0n) is 25.4. The number of unbranched alkanes of at least 4 members (excludes halogenated alkanes) is 3. The van der Waals surface area contributed by atoms with Crippen LogP contribution in [0.25, 0.3) is 11.0 Å². The Balaban J connectivity index is 1.06. The highest BCUT2D eigenvalue weighted by Crippen LogP contribution is 2.25. The lowest BCUT2D eigenvalue weighted by Crippen LogP contribution is -2.36. The molecule has 47 heavy (non-hydrogen) atoms. The van der Waals surface area contributed by atoms with Gasteiger partial charge in [-0.1, -0.05) is 42.9 Å². The first-order chi connectivity index (χ1) is 22.8. The van der Waals surface area contributed by atoms with Gasteiger partial charge in [0.1, 0.15) is 16.9 Å². The summed E-state index contributed by atoms with van der Waals surface area (Å²) in [5.74, 6) is 4.05. The number of aromatic nitrogens is 2. The van der Waals surface area contributed by atoms with E-state index in [1.54, 1.807) is 24.3 Å². The third-order valence-corrected chi connectivity index (χ3v) is 8.93. The Hall–Kier alpha value is -4.91. The number of carbonyl (C=O) groups excluding carboxylic acids is 1. The minimum absolute atomic E-state index is 0.153. The lowest BCUT2D eigenvalue weighted by Gasteiger charge is -2.26. The summed E-state index contributed by atoms with van der Waals surface area (Å²) < 4.78 is 56.8. The molecule has 5 rings (SSSR count). The fourth-order valence-electron chi connectivity index (χ4n) is 4.76. The molecule has 1 aliphatic rings. The van der Waals surface area contributed by atoms with Crippen LogP contribution in [0.4, 0.5) is 0 Å². The monoisotopic (exact) mass is 667 g/mol. The Morgan fingerprint density at radius 3 is 2.55 bits per heavy atom. The van der Waals surface area contributed by atoms with Gasteiger partial charge >= 0.3 is 22.5 Å². The summed E-state index contributed by atoms with van der Waals surface area (Å²) in [6.07, 6.45) is 4.23. The van der Waals surface area contributed by atoms with Crippen molar-refractivity contribution in [3.8, 4) is 23.5 Å². The molecule has 14 nitrogen and oxygen atoms in total. The number of ether oxygens (including phenoxy) is 4. The minimum Gasteiger partial charge on any atom is -0.493 e. The molecule has 0 atom stereocenters. The number of benzene rings is 2. The Kier molecular flexibility index (Phi) is 11.4. The average Bonchev–Trinajstić information content (AvgIpc) is 3.46. The third kappa shape index (κ3) is 8.88. The van der Waals surface area contributed by atoms with Crippen LogP contribution in [0.1, 0.15) is 36.0 Å². The lowest BCUT2D eigenvalue weighted by molar-refractivity contribution is -0.832. The Bertz CT molecular complexity index is 1890. The van der Waals surface area contributed by atoms with Crippen LogP contribution in [0.5, 0.6) is 11.6 Å². The van der Waals surface area contributed by atoms with Crippen molar-refractivity contribution in [3.05, 3.63) is 75.8 Å². The maximum absolute atomic E-state index is 12.8. The summed E-state index contributed by atoms with van der Waals surface area (Å²) in [5, 5.41) is 15.0. The quantitative estimate of drug-likeness (QED) is 0.0632. The second kappa shape index (κ2) is 16.1. The molecule has 0 unspecified atom stereocenters. The molecule has 4 aromatic rings. The van der Waals surface area contributed by atoms with Crippen LogP contribution < -0.4 is 20.0 Å². The molecule has 0 aliphatic carbocycles. The summed E-state index contributed by atoms with van der Waals surface area (Å²) in [6, 6.07) is 13.6. The van der Waals surface area contributed by atoms with Gasteiger partial charge in [0, 0.05) is 24.5 Å². The number of rotatable bonds is 14. The molecule has 1 aliphatic heterocycles. The van der Waals surface area contributed by atoms with Crippen molar-refractivity contribution in [2.45, 2.75) is 35.6 Å². The van der Waals surface area contributed by atoms with E-state index < -0.39 is 45.6 Å². The molecule has 1 fully saturated rings. The van der Waals surface area contributed by atoms with Crippen molar-refractivity contribution in [1.82, 2.24) is 10.1 Å². The molecule has 0 spiro atoms. The van der Waals surface area contributed by atoms with Crippen LogP contribution in [-0.2, 0) is 19.3 Å². The highest BCUT2D eigenvalue weighted by molar-refractivity contribution is 7.91. The van der Waals surface area contributed by atoms with Crippen LogP contribution in [-0.4, -0.2) is 77.1 Å². The number of sulfone groups is 1. The van der Waals surface area contributed by atoms with E-state index in [4.69, 9.17) is 23.4 Å². The van der Waals surface area contributed by atoms with Gasteiger partial charge in [-0.2, -0.15) is 0 Å². The summed E-state index contributed by atoms with van der Waals surface area (Å²) in [6.45, 7) is 4.44. The molecule has 2 aromatic carbocycles. The number of morpholine rings is 1. The molecule has 3 heterocycles. The molecule has 0 radical (unpaired) electrons.